The molecule has 1 aliphatic rings. The van der Waals surface area contributed by atoms with Gasteiger partial charge in [-0.1, -0.05) is 0 Å². The van der Waals surface area contributed by atoms with Gasteiger partial charge in [0.1, 0.15) is 18.1 Å². The molecule has 17 nitrogen and oxygen atoms in total. The Bertz CT molecular complexity index is 1090. The Morgan fingerprint density at radius 2 is 1.65 bits per heavy atom. The van der Waals surface area contributed by atoms with Gasteiger partial charge in [0.25, 0.3) is 15.6 Å². The van der Waals surface area contributed by atoms with E-state index in [4.69, 9.17) is 16.2 Å². The summed E-state index contributed by atoms with van der Waals surface area (Å²) >= 11 is 0. The van der Waals surface area contributed by atoms with Gasteiger partial charge in [-0.3, -0.25) is 18.0 Å². The zero-order valence-electron chi connectivity index (χ0n) is 18.6. The van der Waals surface area contributed by atoms with Crippen molar-refractivity contribution in [1.29, 1.82) is 0 Å². The second-order valence-electron chi connectivity index (χ2n) is 5.91. The molecular formula is C10H13Li4N6O11P3. The molecule has 168 valence electrons. The van der Waals surface area contributed by atoms with E-state index in [0.717, 1.165) is 0 Å². The Morgan fingerprint density at radius 1 is 1.03 bits per heavy atom. The average molecular weight is 514 g/mol. The zero-order chi connectivity index (χ0) is 22.3. The fourth-order valence-electron chi connectivity index (χ4n) is 2.61. The van der Waals surface area contributed by atoms with Crippen LogP contribution in [-0.4, -0.2) is 38.3 Å². The van der Waals surface area contributed by atoms with Gasteiger partial charge in [-0.15, -0.1) is 0 Å². The van der Waals surface area contributed by atoms with Gasteiger partial charge in [0.05, 0.1) is 26.9 Å². The predicted octanol–water partition coefficient (Wildman–Crippen LogP) is -15.1. The summed E-state index contributed by atoms with van der Waals surface area (Å²) in [6.45, 7) is -0.783. The fourth-order valence-corrected chi connectivity index (χ4v) is 5.48. The van der Waals surface area contributed by atoms with Crippen molar-refractivity contribution >= 4 is 40.4 Å². The molecule has 2 aromatic heterocycles. The molecule has 0 saturated carbocycles. The largest absolute Gasteiger partial charge is 1.00 e. The topological polar surface area (TPSA) is 276 Å². The van der Waals surface area contributed by atoms with Gasteiger partial charge in [0, 0.05) is 12.5 Å². The summed E-state index contributed by atoms with van der Waals surface area (Å²) in [6, 6.07) is -0.759. The minimum absolute atomic E-state index is 0. The Morgan fingerprint density at radius 3 is 2.24 bits per heavy atom. The van der Waals surface area contributed by atoms with Gasteiger partial charge in [-0.05, 0) is 0 Å². The molecule has 0 amide bonds. The minimum atomic E-state index is -6.07. The van der Waals surface area contributed by atoms with Crippen LogP contribution in [0.1, 0.15) is 12.6 Å². The minimum Gasteiger partial charge on any atom is -0.790 e. The third-order valence-electron chi connectivity index (χ3n) is 3.78. The summed E-state index contributed by atoms with van der Waals surface area (Å²) < 4.78 is 51.1. The maximum Gasteiger partial charge on any atom is 1.00 e. The first kappa shape index (κ1) is 37.2. The molecule has 0 radical (unpaired) electrons. The first-order valence-corrected chi connectivity index (χ1v) is 12.2. The Labute approximate surface area is 240 Å². The molecule has 0 spiro atoms. The first-order chi connectivity index (χ1) is 13.8. The van der Waals surface area contributed by atoms with Gasteiger partial charge in [0.15, 0.2) is 11.5 Å². The Hall–Kier alpha value is 1.07. The van der Waals surface area contributed by atoms with Crippen LogP contribution < -0.4 is 106 Å². The molecule has 3 heterocycles. The van der Waals surface area contributed by atoms with Crippen molar-refractivity contribution in [2.75, 3.05) is 12.3 Å². The predicted molar refractivity (Wildman–Crippen MR) is 87.2 cm³/mol. The van der Waals surface area contributed by atoms with E-state index in [2.05, 4.69) is 28.1 Å². The van der Waals surface area contributed by atoms with Gasteiger partial charge in [0.2, 0.25) is 0 Å². The monoisotopic (exact) mass is 514 g/mol. The van der Waals surface area contributed by atoms with Crippen molar-refractivity contribution in [3.63, 3.8) is 0 Å². The fraction of sp³-hybridized carbons (Fsp3) is 0.500. The van der Waals surface area contributed by atoms with Crippen molar-refractivity contribution < 1.29 is 127 Å². The smallest absolute Gasteiger partial charge is 0.790 e. The maximum atomic E-state index is 11.6. The number of hydrogen-bond acceptors (Lipinski definition) is 16. The van der Waals surface area contributed by atoms with Gasteiger partial charge >= 0.3 is 75.4 Å². The van der Waals surface area contributed by atoms with Crippen LogP contribution in [0.15, 0.2) is 12.7 Å². The molecule has 34 heavy (non-hydrogen) atoms. The number of nitrogens with two attached hydrogens (primary N) is 2. The second-order valence-corrected chi connectivity index (χ2v) is 10.2. The zero-order valence-corrected chi connectivity index (χ0v) is 21.3. The Kier molecular flexibility index (Phi) is 15.6. The molecule has 2 aromatic rings. The van der Waals surface area contributed by atoms with Gasteiger partial charge in [-0.2, -0.15) is 0 Å². The average Bonchev–Trinajstić information content (AvgIpc) is 3.14. The number of nitrogen functional groups attached to an aromatic ring is 1. The van der Waals surface area contributed by atoms with E-state index in [-0.39, 0.29) is 87.7 Å². The molecule has 2 unspecified atom stereocenters. The van der Waals surface area contributed by atoms with Crippen LogP contribution >= 0.6 is 23.5 Å². The van der Waals surface area contributed by atoms with E-state index >= 15 is 0 Å². The standard InChI is InChI=1S/C10H17N6O11P3.4Li/c11-5-1-7(16-4-15-8-9(12)13-3-14-10(8)16)25-6(5)2-24-29(20,21)27-30(22,23)26-28(17,18)19;;;;/h3-7H,1-2,11H2,(H,20,21)(H,22,23)(H2,12,13,14)(H2,17,18,19);;;;/q;4*+1/p-4/t5-,6+,7+;;;;/m1..../s1. The molecule has 1 fully saturated rings. The van der Waals surface area contributed by atoms with E-state index in [1.165, 1.54) is 17.2 Å². The number of phosphoric acid groups is 3. The summed E-state index contributed by atoms with van der Waals surface area (Å²) in [7, 11) is -17.8. The number of fused-ring (bicyclic) bond motifs is 1. The van der Waals surface area contributed by atoms with Crippen molar-refractivity contribution in [2.45, 2.75) is 24.8 Å². The van der Waals surface area contributed by atoms with Crippen LogP contribution in [0.4, 0.5) is 5.82 Å². The Balaban J connectivity index is 0. The number of rotatable bonds is 8. The third kappa shape index (κ3) is 10.1. The van der Waals surface area contributed by atoms with Crippen molar-refractivity contribution in [3.8, 4) is 0 Å². The van der Waals surface area contributed by atoms with E-state index in [1.807, 2.05) is 0 Å². The number of anilines is 1. The normalized spacial score (nSPS) is 23.4. The van der Waals surface area contributed by atoms with Crippen LogP contribution in [0.3, 0.4) is 0 Å². The van der Waals surface area contributed by atoms with E-state index in [0.29, 0.717) is 11.2 Å². The molecule has 1 saturated heterocycles. The van der Waals surface area contributed by atoms with Crippen molar-refractivity contribution in [1.82, 2.24) is 19.5 Å². The van der Waals surface area contributed by atoms with Crippen LogP contribution in [0, 0.1) is 0 Å². The van der Waals surface area contributed by atoms with Crippen LogP contribution in [0.2, 0.25) is 0 Å². The molecular weight excluding hydrogens is 501 g/mol. The summed E-state index contributed by atoms with van der Waals surface area (Å²) in [4.78, 5) is 55.3. The number of imidazole rings is 1. The molecule has 3 rings (SSSR count). The molecule has 0 bridgehead atoms. The van der Waals surface area contributed by atoms with Gasteiger partial charge < -0.3 is 44.9 Å². The summed E-state index contributed by atoms with van der Waals surface area (Å²) in [5.74, 6) is 0.135. The maximum absolute atomic E-state index is 11.6. The van der Waals surface area contributed by atoms with Crippen molar-refractivity contribution in [2.24, 2.45) is 5.73 Å². The number of nitrogens with zero attached hydrogens (tertiary/aromatic N) is 4. The molecule has 1 aliphatic heterocycles. The molecule has 5 atom stereocenters. The number of hydrogen-bond donors (Lipinski definition) is 2. The number of ether oxygens (including phenoxy) is 1. The summed E-state index contributed by atoms with van der Waals surface area (Å²) in [5.41, 5.74) is 12.2. The second kappa shape index (κ2) is 14.3. The number of aromatic nitrogens is 4. The first-order valence-electron chi connectivity index (χ1n) is 7.82. The van der Waals surface area contributed by atoms with Gasteiger partial charge in [-0.25, -0.2) is 19.3 Å². The van der Waals surface area contributed by atoms with E-state index in [9.17, 15) is 33.3 Å². The quantitative estimate of drug-likeness (QED) is 0.244. The van der Waals surface area contributed by atoms with E-state index < -0.39 is 48.4 Å². The molecule has 24 heteroatoms. The summed E-state index contributed by atoms with van der Waals surface area (Å²) in [6.07, 6.45) is 0.969. The SMILES string of the molecule is Nc1ncnc2c1ncn2[C@@H]1C[C@@H](N)[C@H](COP(=O)([O-])OP(=O)([O-])OP(=O)([O-])[O-])O1.[Li+].[Li+].[Li+].[Li+]. The van der Waals surface area contributed by atoms with Crippen LogP contribution in [-0.2, 0) is 31.6 Å². The van der Waals surface area contributed by atoms with Crippen LogP contribution in [0.5, 0.6) is 0 Å². The molecule has 0 aliphatic carbocycles. The van der Waals surface area contributed by atoms with Crippen LogP contribution in [0.25, 0.3) is 11.2 Å². The number of phosphoric ester groups is 1. The summed E-state index contributed by atoms with van der Waals surface area (Å²) in [5, 5.41) is 0. The van der Waals surface area contributed by atoms with E-state index in [1.54, 1.807) is 0 Å². The van der Waals surface area contributed by atoms with Crippen molar-refractivity contribution in [3.05, 3.63) is 12.7 Å². The molecule has 4 N–H and O–H groups in total. The molecule has 0 aromatic carbocycles. The third-order valence-corrected chi connectivity index (χ3v) is 7.44.